The molecule has 0 saturated carbocycles. The summed E-state index contributed by atoms with van der Waals surface area (Å²) in [4.78, 5) is 21.2. The van der Waals surface area contributed by atoms with Gasteiger partial charge in [-0.05, 0) is 35.5 Å². The summed E-state index contributed by atoms with van der Waals surface area (Å²) >= 11 is 0. The number of allylic oxidation sites excluding steroid dienone is 6. The van der Waals surface area contributed by atoms with Crippen LogP contribution in [0.5, 0.6) is 0 Å². The maximum absolute atomic E-state index is 11.0. The Hall–Kier alpha value is -1.44. The molecule has 0 fully saturated rings. The Morgan fingerprint density at radius 3 is 2.62 bits per heavy atom. The summed E-state index contributed by atoms with van der Waals surface area (Å²) in [5.74, 6) is -0.0690. The fourth-order valence-corrected chi connectivity index (χ4v) is 1.92. The zero-order chi connectivity index (χ0) is 12.3. The van der Waals surface area contributed by atoms with Crippen molar-refractivity contribution < 1.29 is 9.59 Å². The normalized spacial score (nSPS) is 23.9. The molecule has 1 atom stereocenters. The second-order valence-corrected chi connectivity index (χ2v) is 4.82. The van der Waals surface area contributed by atoms with Crippen LogP contribution in [-0.4, -0.2) is 12.1 Å². The first-order chi connectivity index (χ1) is 7.39. The van der Waals surface area contributed by atoms with E-state index in [1.54, 1.807) is 6.08 Å². The molecule has 0 heterocycles. The number of rotatable bonds is 3. The molecule has 0 amide bonds. The number of carbonyl (C=O) groups excluding carboxylic acids is 2. The molecule has 0 radical (unpaired) electrons. The third-order valence-corrected chi connectivity index (χ3v) is 3.42. The van der Waals surface area contributed by atoms with Crippen LogP contribution in [0.1, 0.15) is 27.7 Å². The summed E-state index contributed by atoms with van der Waals surface area (Å²) in [6.45, 7) is 8.47. The van der Waals surface area contributed by atoms with Gasteiger partial charge in [0.05, 0.1) is 0 Å². The molecule has 0 aromatic rings. The minimum atomic E-state index is -0.488. The average molecular weight is 218 g/mol. The highest BCUT2D eigenvalue weighted by Crippen LogP contribution is 2.41. The van der Waals surface area contributed by atoms with Gasteiger partial charge in [0.2, 0.25) is 5.78 Å². The number of hydrogen-bond donors (Lipinski definition) is 0. The molecule has 0 aromatic carbocycles. The van der Waals surface area contributed by atoms with E-state index in [9.17, 15) is 9.59 Å². The van der Waals surface area contributed by atoms with Crippen LogP contribution in [0.3, 0.4) is 0 Å². The lowest BCUT2D eigenvalue weighted by atomic mass is 9.69. The van der Waals surface area contributed by atoms with Crippen molar-refractivity contribution in [3.8, 4) is 0 Å². The molecule has 0 aliphatic heterocycles. The Balaban J connectivity index is 3.08. The minimum Gasteiger partial charge on any atom is -0.294 e. The molecule has 0 spiro atoms. The number of hydrogen-bond acceptors (Lipinski definition) is 2. The van der Waals surface area contributed by atoms with E-state index in [4.69, 9.17) is 0 Å². The molecule has 2 heteroatoms. The summed E-state index contributed by atoms with van der Waals surface area (Å²) in [5.41, 5.74) is 2.27. The van der Waals surface area contributed by atoms with E-state index in [-0.39, 0.29) is 5.41 Å². The summed E-state index contributed by atoms with van der Waals surface area (Å²) in [5, 5.41) is 0. The summed E-state index contributed by atoms with van der Waals surface area (Å²) in [6, 6.07) is 0. The molecule has 1 rings (SSSR count). The molecule has 0 bridgehead atoms. The SMILES string of the molecule is CC1=C(/C=C/C(=O)C=O)C(C)(C)C(C)C=C1. The Kier molecular flexibility index (Phi) is 3.63. The lowest BCUT2D eigenvalue weighted by Crippen LogP contribution is -2.25. The zero-order valence-electron chi connectivity index (χ0n) is 10.3. The van der Waals surface area contributed by atoms with Crippen molar-refractivity contribution in [2.45, 2.75) is 27.7 Å². The lowest BCUT2D eigenvalue weighted by molar-refractivity contribution is -0.126. The molecular weight excluding hydrogens is 200 g/mol. The fraction of sp³-hybridized carbons (Fsp3) is 0.429. The van der Waals surface area contributed by atoms with E-state index in [2.05, 4.69) is 32.9 Å². The van der Waals surface area contributed by atoms with Crippen LogP contribution in [0.2, 0.25) is 0 Å². The molecule has 2 nitrogen and oxygen atoms in total. The highest BCUT2D eigenvalue weighted by atomic mass is 16.2. The van der Waals surface area contributed by atoms with Gasteiger partial charge in [-0.3, -0.25) is 9.59 Å². The highest BCUT2D eigenvalue weighted by Gasteiger charge is 2.30. The van der Waals surface area contributed by atoms with Crippen LogP contribution in [0.25, 0.3) is 0 Å². The van der Waals surface area contributed by atoms with Gasteiger partial charge in [0, 0.05) is 0 Å². The third kappa shape index (κ3) is 2.38. The van der Waals surface area contributed by atoms with Crippen molar-refractivity contribution in [3.05, 3.63) is 35.5 Å². The molecule has 86 valence electrons. The second-order valence-electron chi connectivity index (χ2n) is 4.82. The molecule has 1 unspecified atom stereocenters. The van der Waals surface area contributed by atoms with Gasteiger partial charge in [-0.15, -0.1) is 0 Å². The van der Waals surface area contributed by atoms with Gasteiger partial charge in [0.1, 0.15) is 0 Å². The van der Waals surface area contributed by atoms with Gasteiger partial charge in [0.15, 0.2) is 6.29 Å². The van der Waals surface area contributed by atoms with Crippen molar-refractivity contribution in [2.75, 3.05) is 0 Å². The van der Waals surface area contributed by atoms with Crippen molar-refractivity contribution in [2.24, 2.45) is 11.3 Å². The Morgan fingerprint density at radius 2 is 2.06 bits per heavy atom. The van der Waals surface area contributed by atoms with E-state index in [0.717, 1.165) is 11.1 Å². The van der Waals surface area contributed by atoms with Gasteiger partial charge < -0.3 is 0 Å². The number of ketones is 1. The number of carbonyl (C=O) groups is 2. The van der Waals surface area contributed by atoms with Crippen molar-refractivity contribution in [1.82, 2.24) is 0 Å². The third-order valence-electron chi connectivity index (χ3n) is 3.42. The zero-order valence-corrected chi connectivity index (χ0v) is 10.3. The molecule has 1 aliphatic rings. The minimum absolute atomic E-state index is 0.00149. The lowest BCUT2D eigenvalue weighted by Gasteiger charge is -2.35. The summed E-state index contributed by atoms with van der Waals surface area (Å²) < 4.78 is 0. The average Bonchev–Trinajstić information content (AvgIpc) is 2.23. The quantitative estimate of drug-likeness (QED) is 0.414. The van der Waals surface area contributed by atoms with Crippen LogP contribution in [-0.2, 0) is 9.59 Å². The first-order valence-electron chi connectivity index (χ1n) is 5.46. The van der Waals surface area contributed by atoms with Crippen LogP contribution in [0.4, 0.5) is 0 Å². The largest absolute Gasteiger partial charge is 0.294 e. The summed E-state index contributed by atoms with van der Waals surface area (Å²) in [7, 11) is 0. The fourth-order valence-electron chi connectivity index (χ4n) is 1.92. The van der Waals surface area contributed by atoms with Crippen LogP contribution < -0.4 is 0 Å². The topological polar surface area (TPSA) is 34.1 Å². The Labute approximate surface area is 96.7 Å². The van der Waals surface area contributed by atoms with Crippen LogP contribution in [0, 0.1) is 11.3 Å². The Morgan fingerprint density at radius 1 is 1.44 bits per heavy atom. The Bertz CT molecular complexity index is 395. The van der Waals surface area contributed by atoms with Crippen LogP contribution >= 0.6 is 0 Å². The second kappa shape index (κ2) is 4.60. The smallest absolute Gasteiger partial charge is 0.218 e. The predicted octanol–water partition coefficient (Wildman–Crippen LogP) is 2.86. The monoisotopic (exact) mass is 218 g/mol. The molecule has 0 N–H and O–H groups in total. The van der Waals surface area contributed by atoms with E-state index >= 15 is 0 Å². The van der Waals surface area contributed by atoms with Gasteiger partial charge in [-0.25, -0.2) is 0 Å². The predicted molar refractivity (Wildman–Crippen MR) is 65.0 cm³/mol. The van der Waals surface area contributed by atoms with Crippen molar-refractivity contribution in [1.29, 1.82) is 0 Å². The number of aldehydes is 1. The first kappa shape index (κ1) is 12.6. The maximum Gasteiger partial charge on any atom is 0.218 e. The van der Waals surface area contributed by atoms with Gasteiger partial charge >= 0.3 is 0 Å². The first-order valence-corrected chi connectivity index (χ1v) is 5.46. The van der Waals surface area contributed by atoms with Crippen molar-refractivity contribution in [3.63, 3.8) is 0 Å². The molecule has 16 heavy (non-hydrogen) atoms. The van der Waals surface area contributed by atoms with Gasteiger partial charge in [-0.2, -0.15) is 0 Å². The van der Waals surface area contributed by atoms with Gasteiger partial charge in [-0.1, -0.05) is 39.0 Å². The van der Waals surface area contributed by atoms with E-state index in [1.165, 1.54) is 6.08 Å². The molecule has 0 saturated heterocycles. The molecular formula is C14H18O2. The van der Waals surface area contributed by atoms with E-state index in [0.29, 0.717) is 12.2 Å². The molecule has 0 aromatic heterocycles. The standard InChI is InChI=1S/C14H18O2/c1-10-5-6-11(2)14(3,4)13(10)8-7-12(16)9-15/h5-9,11H,1-4H3/b8-7+. The van der Waals surface area contributed by atoms with E-state index < -0.39 is 5.78 Å². The molecule has 1 aliphatic carbocycles. The van der Waals surface area contributed by atoms with Gasteiger partial charge in [0.25, 0.3) is 0 Å². The van der Waals surface area contributed by atoms with E-state index in [1.807, 2.05) is 6.92 Å². The van der Waals surface area contributed by atoms with Crippen LogP contribution in [0.15, 0.2) is 35.5 Å². The summed E-state index contributed by atoms with van der Waals surface area (Å²) in [6.07, 6.45) is 7.70. The maximum atomic E-state index is 11.0. The highest BCUT2D eigenvalue weighted by molar-refractivity contribution is 6.30. The van der Waals surface area contributed by atoms with Crippen molar-refractivity contribution >= 4 is 12.1 Å².